The van der Waals surface area contributed by atoms with Crippen molar-refractivity contribution in [3.05, 3.63) is 23.8 Å². The maximum absolute atomic E-state index is 9.51. The van der Waals surface area contributed by atoms with Crippen molar-refractivity contribution >= 4 is 11.4 Å². The fraction of sp³-hybridized carbons (Fsp3) is 0.462. The summed E-state index contributed by atoms with van der Waals surface area (Å²) in [5.74, 6) is 0. The zero-order valence-corrected chi connectivity index (χ0v) is 9.74. The first-order valence-electron chi connectivity index (χ1n) is 5.88. The van der Waals surface area contributed by atoms with E-state index < -0.39 is 0 Å². The van der Waals surface area contributed by atoms with Crippen LogP contribution in [0, 0.1) is 11.3 Å². The number of hydrogen-bond acceptors (Lipinski definition) is 4. The van der Waals surface area contributed by atoms with Crippen LogP contribution in [0.25, 0.3) is 0 Å². The van der Waals surface area contributed by atoms with Crippen LogP contribution < -0.4 is 11.1 Å². The van der Waals surface area contributed by atoms with E-state index in [-0.39, 0.29) is 12.1 Å². The van der Waals surface area contributed by atoms with E-state index in [4.69, 9.17) is 11.0 Å². The summed E-state index contributed by atoms with van der Waals surface area (Å²) in [6.45, 7) is 0.124. The van der Waals surface area contributed by atoms with Gasteiger partial charge in [0.2, 0.25) is 0 Å². The summed E-state index contributed by atoms with van der Waals surface area (Å²) in [4.78, 5) is 0. The second-order valence-electron chi connectivity index (χ2n) is 4.68. The number of anilines is 2. The van der Waals surface area contributed by atoms with E-state index >= 15 is 0 Å². The van der Waals surface area contributed by atoms with Crippen molar-refractivity contribution in [2.45, 2.75) is 31.2 Å². The zero-order valence-electron chi connectivity index (χ0n) is 9.74. The molecule has 2 rings (SSSR count). The minimum absolute atomic E-state index is 0.124. The number of nitriles is 1. The van der Waals surface area contributed by atoms with Gasteiger partial charge in [-0.2, -0.15) is 5.26 Å². The Kier molecular flexibility index (Phi) is 3.21. The summed E-state index contributed by atoms with van der Waals surface area (Å²) < 4.78 is 0. The molecule has 0 bridgehead atoms. The molecule has 0 unspecified atom stereocenters. The molecule has 0 aromatic heterocycles. The van der Waals surface area contributed by atoms with E-state index in [1.54, 1.807) is 12.1 Å². The van der Waals surface area contributed by atoms with Crippen molar-refractivity contribution in [2.75, 3.05) is 17.7 Å². The van der Waals surface area contributed by atoms with Gasteiger partial charge in [-0.3, -0.25) is 0 Å². The van der Waals surface area contributed by atoms with Gasteiger partial charge in [0.05, 0.1) is 17.7 Å². The second-order valence-corrected chi connectivity index (χ2v) is 4.68. The van der Waals surface area contributed by atoms with Gasteiger partial charge in [-0.1, -0.05) is 12.8 Å². The fourth-order valence-electron chi connectivity index (χ4n) is 2.41. The van der Waals surface area contributed by atoms with Crippen molar-refractivity contribution in [3.63, 3.8) is 0 Å². The molecular weight excluding hydrogens is 214 g/mol. The highest BCUT2D eigenvalue weighted by Gasteiger charge is 2.32. The molecule has 0 aliphatic heterocycles. The summed E-state index contributed by atoms with van der Waals surface area (Å²) in [5, 5.41) is 21.8. The lowest BCUT2D eigenvalue weighted by Crippen LogP contribution is -2.39. The number of hydrogen-bond donors (Lipinski definition) is 3. The number of nitrogens with one attached hydrogen (secondary N) is 1. The topological polar surface area (TPSA) is 82.1 Å². The summed E-state index contributed by atoms with van der Waals surface area (Å²) in [6, 6.07) is 7.38. The minimum Gasteiger partial charge on any atom is -0.398 e. The van der Waals surface area contributed by atoms with Crippen LogP contribution >= 0.6 is 0 Å². The van der Waals surface area contributed by atoms with Crippen LogP contribution in [-0.4, -0.2) is 17.3 Å². The van der Waals surface area contributed by atoms with Gasteiger partial charge in [-0.15, -0.1) is 0 Å². The van der Waals surface area contributed by atoms with E-state index in [0.717, 1.165) is 31.4 Å². The van der Waals surface area contributed by atoms with Gasteiger partial charge in [-0.25, -0.2) is 0 Å². The molecule has 0 radical (unpaired) electrons. The van der Waals surface area contributed by atoms with E-state index in [9.17, 15) is 5.11 Å². The quantitative estimate of drug-likeness (QED) is 0.693. The SMILES string of the molecule is N#Cc1cc(NC2(CO)CCCC2)ccc1N. The predicted octanol–water partition coefficient (Wildman–Crippen LogP) is 1.86. The second kappa shape index (κ2) is 4.64. The molecule has 4 heteroatoms. The number of nitrogens with zero attached hydrogens (tertiary/aromatic N) is 1. The molecule has 1 aromatic rings. The normalized spacial score (nSPS) is 17.6. The summed E-state index contributed by atoms with van der Waals surface area (Å²) >= 11 is 0. The summed E-state index contributed by atoms with van der Waals surface area (Å²) in [7, 11) is 0. The number of aliphatic hydroxyl groups is 1. The number of nitrogen functional groups attached to an aromatic ring is 1. The average Bonchev–Trinajstić information content (AvgIpc) is 2.81. The molecule has 0 saturated heterocycles. The van der Waals surface area contributed by atoms with E-state index in [0.29, 0.717) is 11.3 Å². The summed E-state index contributed by atoms with van der Waals surface area (Å²) in [5.41, 5.74) is 7.27. The first-order chi connectivity index (χ1) is 8.19. The van der Waals surface area contributed by atoms with Crippen LogP contribution in [0.15, 0.2) is 18.2 Å². The molecule has 0 heterocycles. The number of benzene rings is 1. The smallest absolute Gasteiger partial charge is 0.101 e. The fourth-order valence-corrected chi connectivity index (χ4v) is 2.41. The highest BCUT2D eigenvalue weighted by Crippen LogP contribution is 2.33. The number of nitrogens with two attached hydrogens (primary N) is 1. The standard InChI is InChI=1S/C13H17N3O/c14-8-10-7-11(3-4-12(10)15)16-13(9-17)5-1-2-6-13/h3-4,7,16-17H,1-2,5-6,9,15H2. The van der Waals surface area contributed by atoms with Gasteiger partial charge >= 0.3 is 0 Å². The first kappa shape index (κ1) is 11.7. The van der Waals surface area contributed by atoms with Crippen LogP contribution in [0.4, 0.5) is 11.4 Å². The van der Waals surface area contributed by atoms with Crippen molar-refractivity contribution < 1.29 is 5.11 Å². The number of aliphatic hydroxyl groups excluding tert-OH is 1. The third kappa shape index (κ3) is 2.34. The van der Waals surface area contributed by atoms with Crippen molar-refractivity contribution in [1.82, 2.24) is 0 Å². The Morgan fingerprint density at radius 3 is 2.71 bits per heavy atom. The van der Waals surface area contributed by atoms with Crippen LogP contribution in [0.1, 0.15) is 31.2 Å². The van der Waals surface area contributed by atoms with Gasteiger partial charge in [0.15, 0.2) is 0 Å². The monoisotopic (exact) mass is 231 g/mol. The highest BCUT2D eigenvalue weighted by atomic mass is 16.3. The molecule has 1 saturated carbocycles. The lowest BCUT2D eigenvalue weighted by atomic mass is 9.98. The lowest BCUT2D eigenvalue weighted by Gasteiger charge is -2.29. The average molecular weight is 231 g/mol. The molecule has 1 aliphatic rings. The maximum atomic E-state index is 9.51. The predicted molar refractivity (Wildman–Crippen MR) is 67.5 cm³/mol. The molecule has 0 atom stereocenters. The Labute approximate surface area is 101 Å². The van der Waals surface area contributed by atoms with Gasteiger partial charge in [0.1, 0.15) is 6.07 Å². The molecular formula is C13H17N3O. The van der Waals surface area contributed by atoms with Crippen LogP contribution in [0.3, 0.4) is 0 Å². The van der Waals surface area contributed by atoms with Crippen LogP contribution in [-0.2, 0) is 0 Å². The van der Waals surface area contributed by atoms with E-state index in [1.807, 2.05) is 6.07 Å². The minimum atomic E-state index is -0.219. The Bertz CT molecular complexity index is 444. The molecule has 4 N–H and O–H groups in total. The van der Waals surface area contributed by atoms with E-state index in [1.165, 1.54) is 0 Å². The Hall–Kier alpha value is -1.73. The molecule has 1 aromatic carbocycles. The summed E-state index contributed by atoms with van der Waals surface area (Å²) in [6.07, 6.45) is 4.20. The van der Waals surface area contributed by atoms with Gasteiger partial charge < -0.3 is 16.2 Å². The third-order valence-electron chi connectivity index (χ3n) is 3.45. The first-order valence-corrected chi connectivity index (χ1v) is 5.88. The lowest BCUT2D eigenvalue weighted by molar-refractivity contribution is 0.214. The zero-order chi connectivity index (χ0) is 12.3. The van der Waals surface area contributed by atoms with Crippen molar-refractivity contribution in [1.29, 1.82) is 5.26 Å². The van der Waals surface area contributed by atoms with Gasteiger partial charge in [0, 0.05) is 11.4 Å². The van der Waals surface area contributed by atoms with E-state index in [2.05, 4.69) is 11.4 Å². The third-order valence-corrected chi connectivity index (χ3v) is 3.45. The maximum Gasteiger partial charge on any atom is 0.101 e. The van der Waals surface area contributed by atoms with Crippen molar-refractivity contribution in [2.24, 2.45) is 0 Å². The van der Waals surface area contributed by atoms with Crippen LogP contribution in [0.5, 0.6) is 0 Å². The molecule has 1 fully saturated rings. The largest absolute Gasteiger partial charge is 0.398 e. The van der Waals surface area contributed by atoms with Gasteiger partial charge in [0.25, 0.3) is 0 Å². The molecule has 0 spiro atoms. The van der Waals surface area contributed by atoms with Crippen molar-refractivity contribution in [3.8, 4) is 6.07 Å². The van der Waals surface area contributed by atoms with Crippen LogP contribution in [0.2, 0.25) is 0 Å². The Morgan fingerprint density at radius 2 is 2.12 bits per heavy atom. The molecule has 0 amide bonds. The molecule has 17 heavy (non-hydrogen) atoms. The molecule has 4 nitrogen and oxygen atoms in total. The number of rotatable bonds is 3. The highest BCUT2D eigenvalue weighted by molar-refractivity contribution is 5.62. The Morgan fingerprint density at radius 1 is 1.41 bits per heavy atom. The Balaban J connectivity index is 2.21. The molecule has 1 aliphatic carbocycles. The molecule has 90 valence electrons. The van der Waals surface area contributed by atoms with Gasteiger partial charge in [-0.05, 0) is 31.0 Å².